The molecule has 3 N–H and O–H groups in total. The molecule has 2 aromatic carbocycles. The average molecular weight is 341 g/mol. The summed E-state index contributed by atoms with van der Waals surface area (Å²) in [6, 6.07) is 15.7. The van der Waals surface area contributed by atoms with Crippen molar-refractivity contribution in [1.29, 1.82) is 0 Å². The van der Waals surface area contributed by atoms with Gasteiger partial charge in [0.2, 0.25) is 6.79 Å². The second-order valence-corrected chi connectivity index (χ2v) is 6.58. The monoisotopic (exact) mass is 341 g/mol. The predicted octanol–water partition coefficient (Wildman–Crippen LogP) is 1.66. The fourth-order valence-electron chi connectivity index (χ4n) is 3.04. The quantitative estimate of drug-likeness (QED) is 0.869. The van der Waals surface area contributed by atoms with Gasteiger partial charge in [-0.3, -0.25) is 4.79 Å². The molecule has 0 saturated carbocycles. The molecule has 5 nitrogen and oxygen atoms in total. The van der Waals surface area contributed by atoms with Gasteiger partial charge < -0.3 is 20.1 Å². The summed E-state index contributed by atoms with van der Waals surface area (Å²) in [5, 5.41) is 0. The summed E-state index contributed by atoms with van der Waals surface area (Å²) < 4.78 is 10.8. The van der Waals surface area contributed by atoms with Crippen LogP contribution in [0, 0.1) is 0 Å². The van der Waals surface area contributed by atoms with Gasteiger partial charge in [0.15, 0.2) is 17.5 Å². The minimum Gasteiger partial charge on any atom is -0.454 e. The second-order valence-electron chi connectivity index (χ2n) is 6.58. The van der Waals surface area contributed by atoms with Crippen LogP contribution in [0.5, 0.6) is 11.5 Å². The van der Waals surface area contributed by atoms with E-state index in [0.717, 1.165) is 29.0 Å². The van der Waals surface area contributed by atoms with Gasteiger partial charge in [0.25, 0.3) is 5.91 Å². The highest BCUT2D eigenvalue weighted by Crippen LogP contribution is 2.32. The number of carbonyl (C=O) groups excluding carboxylic acids is 1. The van der Waals surface area contributed by atoms with E-state index in [-0.39, 0.29) is 24.8 Å². The maximum Gasteiger partial charge on any atom is 0.281 e. The standard InChI is InChI=1S/C20H24N2O3/c1-14(10-16-8-9-18-19(12-16)25-13-24-18)22(2)20(23)17(21)11-15-6-4-3-5-7-15/h3-9,12,14,17H,10-11,13,21H2,1-2H3/p+1/t14?,17-/m0/s1. The first-order valence-electron chi connectivity index (χ1n) is 8.57. The molecule has 1 unspecified atom stereocenters. The van der Waals surface area contributed by atoms with Crippen LogP contribution in [-0.4, -0.2) is 36.7 Å². The Hall–Kier alpha value is -2.53. The zero-order valence-corrected chi connectivity index (χ0v) is 14.8. The van der Waals surface area contributed by atoms with Crippen LogP contribution in [0.2, 0.25) is 0 Å². The van der Waals surface area contributed by atoms with Gasteiger partial charge in [-0.2, -0.15) is 0 Å². The highest BCUT2D eigenvalue weighted by molar-refractivity contribution is 5.80. The highest BCUT2D eigenvalue weighted by atomic mass is 16.7. The molecule has 2 atom stereocenters. The van der Waals surface area contributed by atoms with E-state index in [1.807, 2.05) is 55.6 Å². The number of hydrogen-bond donors (Lipinski definition) is 1. The molecule has 0 saturated heterocycles. The Balaban J connectivity index is 1.59. The van der Waals surface area contributed by atoms with Gasteiger partial charge >= 0.3 is 0 Å². The lowest BCUT2D eigenvalue weighted by atomic mass is 10.0. The number of ether oxygens (including phenoxy) is 2. The van der Waals surface area contributed by atoms with Crippen LogP contribution in [0.15, 0.2) is 48.5 Å². The zero-order valence-electron chi connectivity index (χ0n) is 14.8. The molecule has 0 fully saturated rings. The number of amides is 1. The minimum absolute atomic E-state index is 0.0668. The van der Waals surface area contributed by atoms with E-state index >= 15 is 0 Å². The number of quaternary nitrogens is 1. The molecule has 0 radical (unpaired) electrons. The maximum absolute atomic E-state index is 12.7. The predicted molar refractivity (Wildman–Crippen MR) is 95.3 cm³/mol. The smallest absolute Gasteiger partial charge is 0.281 e. The number of benzene rings is 2. The van der Waals surface area contributed by atoms with Crippen LogP contribution in [-0.2, 0) is 17.6 Å². The molecule has 1 aliphatic heterocycles. The molecule has 0 aromatic heterocycles. The summed E-state index contributed by atoms with van der Waals surface area (Å²) in [6.45, 7) is 2.33. The lowest BCUT2D eigenvalue weighted by Gasteiger charge is -2.26. The Morgan fingerprint density at radius 2 is 1.80 bits per heavy atom. The van der Waals surface area contributed by atoms with Crippen molar-refractivity contribution in [2.75, 3.05) is 13.8 Å². The summed E-state index contributed by atoms with van der Waals surface area (Å²) in [4.78, 5) is 14.5. The minimum atomic E-state index is -0.286. The van der Waals surface area contributed by atoms with E-state index in [4.69, 9.17) is 9.47 Å². The van der Waals surface area contributed by atoms with Crippen LogP contribution < -0.4 is 15.2 Å². The summed E-state index contributed by atoms with van der Waals surface area (Å²) >= 11 is 0. The lowest BCUT2D eigenvalue weighted by molar-refractivity contribution is -0.405. The molecule has 0 aliphatic carbocycles. The molecule has 5 heteroatoms. The Kier molecular flexibility index (Phi) is 5.24. The molecule has 0 bridgehead atoms. The van der Waals surface area contributed by atoms with Crippen LogP contribution in [0.4, 0.5) is 0 Å². The van der Waals surface area contributed by atoms with E-state index < -0.39 is 0 Å². The first-order chi connectivity index (χ1) is 12.0. The van der Waals surface area contributed by atoms with Crippen molar-refractivity contribution in [3.8, 4) is 11.5 Å². The van der Waals surface area contributed by atoms with Gasteiger partial charge in [0, 0.05) is 19.5 Å². The third kappa shape index (κ3) is 4.12. The number of fused-ring (bicyclic) bond motifs is 1. The van der Waals surface area contributed by atoms with E-state index in [9.17, 15) is 4.79 Å². The largest absolute Gasteiger partial charge is 0.454 e. The molecule has 0 spiro atoms. The van der Waals surface area contributed by atoms with Gasteiger partial charge in [-0.1, -0.05) is 36.4 Å². The fourth-order valence-corrected chi connectivity index (χ4v) is 3.04. The number of nitrogens with zero attached hydrogens (tertiary/aromatic N) is 1. The maximum atomic E-state index is 12.7. The van der Waals surface area contributed by atoms with Crippen molar-refractivity contribution in [3.63, 3.8) is 0 Å². The van der Waals surface area contributed by atoms with Crippen molar-refractivity contribution in [3.05, 3.63) is 59.7 Å². The molecule has 1 aliphatic rings. The molecule has 25 heavy (non-hydrogen) atoms. The summed E-state index contributed by atoms with van der Waals surface area (Å²) in [5.74, 6) is 1.62. The number of likely N-dealkylation sites (N-methyl/N-ethyl adjacent to an activating group) is 1. The fraction of sp³-hybridized carbons (Fsp3) is 0.350. The number of rotatable bonds is 6. The molecule has 3 rings (SSSR count). The molecule has 2 aromatic rings. The van der Waals surface area contributed by atoms with Crippen molar-refractivity contribution >= 4 is 5.91 Å². The average Bonchev–Trinajstić information content (AvgIpc) is 3.09. The van der Waals surface area contributed by atoms with Crippen LogP contribution in [0.1, 0.15) is 18.1 Å². The first-order valence-corrected chi connectivity index (χ1v) is 8.57. The topological polar surface area (TPSA) is 66.4 Å². The number of hydrogen-bond acceptors (Lipinski definition) is 3. The van der Waals surface area contributed by atoms with Gasteiger partial charge in [-0.25, -0.2) is 0 Å². The SMILES string of the molecule is CC(Cc1ccc2c(c1)OCO2)N(C)C(=O)[C@@H]([NH3+])Cc1ccccc1. The Morgan fingerprint density at radius 1 is 1.08 bits per heavy atom. The lowest BCUT2D eigenvalue weighted by Crippen LogP contribution is -2.69. The Bertz CT molecular complexity index is 733. The van der Waals surface area contributed by atoms with E-state index in [1.54, 1.807) is 4.90 Å². The summed E-state index contributed by atoms with van der Waals surface area (Å²) in [7, 11) is 1.85. The van der Waals surface area contributed by atoms with Crippen molar-refractivity contribution in [2.45, 2.75) is 31.8 Å². The summed E-state index contributed by atoms with van der Waals surface area (Å²) in [5.41, 5.74) is 6.32. The van der Waals surface area contributed by atoms with Crippen molar-refractivity contribution in [1.82, 2.24) is 4.90 Å². The zero-order chi connectivity index (χ0) is 17.8. The summed E-state index contributed by atoms with van der Waals surface area (Å²) in [6.07, 6.45) is 1.41. The van der Waals surface area contributed by atoms with Gasteiger partial charge in [-0.05, 0) is 36.6 Å². The first kappa shape index (κ1) is 17.3. The van der Waals surface area contributed by atoms with Gasteiger partial charge in [0.05, 0.1) is 0 Å². The third-order valence-electron chi connectivity index (χ3n) is 4.65. The van der Waals surface area contributed by atoms with E-state index in [0.29, 0.717) is 6.42 Å². The molecule has 1 amide bonds. The van der Waals surface area contributed by atoms with Crippen molar-refractivity contribution < 1.29 is 20.0 Å². The third-order valence-corrected chi connectivity index (χ3v) is 4.65. The van der Waals surface area contributed by atoms with Gasteiger partial charge in [-0.15, -0.1) is 0 Å². The van der Waals surface area contributed by atoms with Crippen LogP contribution in [0.25, 0.3) is 0 Å². The molecular formula is C20H25N2O3+. The Morgan fingerprint density at radius 3 is 2.56 bits per heavy atom. The van der Waals surface area contributed by atoms with E-state index in [1.165, 1.54) is 0 Å². The normalized spacial score (nSPS) is 14.8. The molecular weight excluding hydrogens is 316 g/mol. The Labute approximate surface area is 148 Å². The molecule has 132 valence electrons. The molecule has 1 heterocycles. The van der Waals surface area contributed by atoms with Crippen molar-refractivity contribution in [2.24, 2.45) is 0 Å². The van der Waals surface area contributed by atoms with E-state index in [2.05, 4.69) is 12.7 Å². The van der Waals surface area contributed by atoms with Gasteiger partial charge in [0.1, 0.15) is 0 Å². The van der Waals surface area contributed by atoms with Crippen LogP contribution >= 0.6 is 0 Å². The highest BCUT2D eigenvalue weighted by Gasteiger charge is 2.25. The number of carbonyl (C=O) groups is 1. The van der Waals surface area contributed by atoms with Crippen LogP contribution in [0.3, 0.4) is 0 Å². The second kappa shape index (κ2) is 7.57.